The van der Waals surface area contributed by atoms with Crippen molar-refractivity contribution in [2.45, 2.75) is 27.2 Å². The summed E-state index contributed by atoms with van der Waals surface area (Å²) in [6, 6.07) is 1.72. The average Bonchev–Trinajstić information content (AvgIpc) is 1.98. The molecule has 0 aliphatic carbocycles. The number of aryl methyl sites for hydroxylation is 1. The van der Waals surface area contributed by atoms with Crippen molar-refractivity contribution in [2.24, 2.45) is 5.92 Å². The summed E-state index contributed by atoms with van der Waals surface area (Å²) in [6.45, 7) is 5.80. The molecular formula is C9H15ClN2O2. The summed E-state index contributed by atoms with van der Waals surface area (Å²) < 4.78 is 0.618. The van der Waals surface area contributed by atoms with Crippen LogP contribution in [0.25, 0.3) is 0 Å². The number of hydrogen-bond acceptors (Lipinski definition) is 3. The topological polar surface area (TPSA) is 55.1 Å². The molecular weight excluding hydrogens is 204 g/mol. The fourth-order valence-corrected chi connectivity index (χ4v) is 1.22. The summed E-state index contributed by atoms with van der Waals surface area (Å²) in [5.74, 6) is 0.402. The maximum atomic E-state index is 11.0. The van der Waals surface area contributed by atoms with E-state index < -0.39 is 5.69 Å². The third-order valence-corrected chi connectivity index (χ3v) is 1.72. The minimum Gasteiger partial charge on any atom is -0.424 e. The summed E-state index contributed by atoms with van der Waals surface area (Å²) in [4.78, 5) is 14.6. The largest absolute Gasteiger partial charge is 0.424 e. The van der Waals surface area contributed by atoms with Crippen LogP contribution < -0.4 is 5.69 Å². The highest BCUT2D eigenvalue weighted by Gasteiger charge is 2.06. The third-order valence-electron chi connectivity index (χ3n) is 1.72. The first-order valence-corrected chi connectivity index (χ1v) is 4.29. The van der Waals surface area contributed by atoms with Crippen molar-refractivity contribution in [3.63, 3.8) is 0 Å². The van der Waals surface area contributed by atoms with Crippen LogP contribution >= 0.6 is 12.4 Å². The van der Waals surface area contributed by atoms with Crippen molar-refractivity contribution in [3.8, 4) is 0 Å². The zero-order valence-corrected chi connectivity index (χ0v) is 9.34. The second-order valence-corrected chi connectivity index (χ2v) is 3.58. The Bertz CT molecular complexity index is 360. The summed E-state index contributed by atoms with van der Waals surface area (Å²) in [6.07, 6.45) is 0.676. The van der Waals surface area contributed by atoms with Crippen molar-refractivity contribution < 1.29 is 5.21 Å². The van der Waals surface area contributed by atoms with Gasteiger partial charge >= 0.3 is 5.69 Å². The summed E-state index contributed by atoms with van der Waals surface area (Å²) in [7, 11) is 0. The molecule has 0 saturated carbocycles. The van der Waals surface area contributed by atoms with E-state index in [2.05, 4.69) is 4.98 Å². The van der Waals surface area contributed by atoms with Crippen LogP contribution in [0.1, 0.15) is 25.2 Å². The van der Waals surface area contributed by atoms with Gasteiger partial charge in [0, 0.05) is 5.69 Å². The van der Waals surface area contributed by atoms with Crippen LogP contribution in [0.2, 0.25) is 0 Å². The van der Waals surface area contributed by atoms with E-state index in [0.29, 0.717) is 28.5 Å². The van der Waals surface area contributed by atoms with Crippen molar-refractivity contribution in [1.29, 1.82) is 0 Å². The Morgan fingerprint density at radius 1 is 1.57 bits per heavy atom. The van der Waals surface area contributed by atoms with Crippen LogP contribution in [0.3, 0.4) is 0 Å². The van der Waals surface area contributed by atoms with Crippen LogP contribution in [0, 0.1) is 12.8 Å². The molecule has 4 nitrogen and oxygen atoms in total. The lowest BCUT2D eigenvalue weighted by Crippen LogP contribution is -2.25. The highest BCUT2D eigenvalue weighted by atomic mass is 35.5. The van der Waals surface area contributed by atoms with Gasteiger partial charge in [0.25, 0.3) is 0 Å². The van der Waals surface area contributed by atoms with Gasteiger partial charge in [-0.3, -0.25) is 0 Å². The molecule has 0 unspecified atom stereocenters. The summed E-state index contributed by atoms with van der Waals surface area (Å²) >= 11 is 0. The zero-order chi connectivity index (χ0) is 10.0. The summed E-state index contributed by atoms with van der Waals surface area (Å²) in [5, 5.41) is 9.31. The predicted molar refractivity (Wildman–Crippen MR) is 56.2 cm³/mol. The molecule has 5 heteroatoms. The first-order chi connectivity index (χ1) is 6.00. The van der Waals surface area contributed by atoms with E-state index in [0.717, 1.165) is 0 Å². The molecule has 0 aromatic carbocycles. The molecule has 0 aliphatic rings. The molecule has 0 radical (unpaired) electrons. The van der Waals surface area contributed by atoms with Crippen LogP contribution in [-0.2, 0) is 6.42 Å². The Kier molecular flexibility index (Phi) is 4.63. The minimum atomic E-state index is -0.601. The van der Waals surface area contributed by atoms with E-state index in [1.165, 1.54) is 0 Å². The third kappa shape index (κ3) is 3.03. The van der Waals surface area contributed by atoms with E-state index in [9.17, 15) is 10.0 Å². The van der Waals surface area contributed by atoms with Gasteiger partial charge < -0.3 is 5.21 Å². The lowest BCUT2D eigenvalue weighted by Gasteiger charge is -2.08. The van der Waals surface area contributed by atoms with Gasteiger partial charge in [0.2, 0.25) is 0 Å². The number of rotatable bonds is 2. The number of halogens is 1. The Morgan fingerprint density at radius 3 is 2.64 bits per heavy atom. The molecule has 0 atom stereocenters. The van der Waals surface area contributed by atoms with Gasteiger partial charge in [-0.2, -0.15) is 4.98 Å². The molecule has 1 N–H and O–H groups in total. The summed E-state index contributed by atoms with van der Waals surface area (Å²) in [5.41, 5.74) is 0.661. The zero-order valence-electron chi connectivity index (χ0n) is 8.52. The van der Waals surface area contributed by atoms with Crippen LogP contribution in [-0.4, -0.2) is 14.9 Å². The normalized spacial score (nSPS) is 10.0. The fourth-order valence-electron chi connectivity index (χ4n) is 1.22. The molecule has 0 spiro atoms. The molecule has 1 aromatic heterocycles. The standard InChI is InChI=1S/C9H14N2O2.ClH/c1-6(2)4-8-5-7(3)10-9(12)11(8)13;/h5-6,13H,4H2,1-3H3;1H. The molecule has 1 heterocycles. The van der Waals surface area contributed by atoms with Gasteiger partial charge in [-0.25, -0.2) is 4.79 Å². The molecule has 1 rings (SSSR count). The quantitative estimate of drug-likeness (QED) is 0.764. The Hall–Kier alpha value is -1.03. The van der Waals surface area contributed by atoms with Gasteiger partial charge in [-0.05, 0) is 25.3 Å². The number of hydrogen-bond donors (Lipinski definition) is 1. The first kappa shape index (κ1) is 13.0. The van der Waals surface area contributed by atoms with Gasteiger partial charge in [0.15, 0.2) is 0 Å². The Morgan fingerprint density at radius 2 is 2.14 bits per heavy atom. The second-order valence-electron chi connectivity index (χ2n) is 3.58. The van der Waals surface area contributed by atoms with Crippen molar-refractivity contribution in [2.75, 3.05) is 0 Å². The maximum absolute atomic E-state index is 11.0. The molecule has 0 aliphatic heterocycles. The molecule has 1 aromatic rings. The molecule has 0 amide bonds. The predicted octanol–water partition coefficient (Wildman–Crippen LogP) is 1.41. The van der Waals surface area contributed by atoms with Crippen molar-refractivity contribution in [3.05, 3.63) is 27.9 Å². The molecule has 0 bridgehead atoms. The lowest BCUT2D eigenvalue weighted by molar-refractivity contribution is 0.158. The van der Waals surface area contributed by atoms with Gasteiger partial charge in [-0.1, -0.05) is 13.8 Å². The Labute approximate surface area is 89.0 Å². The van der Waals surface area contributed by atoms with Crippen LogP contribution in [0.15, 0.2) is 10.9 Å². The van der Waals surface area contributed by atoms with Gasteiger partial charge in [0.1, 0.15) is 0 Å². The monoisotopic (exact) mass is 218 g/mol. The first-order valence-electron chi connectivity index (χ1n) is 4.29. The van der Waals surface area contributed by atoms with E-state index >= 15 is 0 Å². The van der Waals surface area contributed by atoms with Crippen LogP contribution in [0.4, 0.5) is 0 Å². The van der Waals surface area contributed by atoms with E-state index in [4.69, 9.17) is 0 Å². The van der Waals surface area contributed by atoms with Crippen LogP contribution in [0.5, 0.6) is 0 Å². The molecule has 14 heavy (non-hydrogen) atoms. The second kappa shape index (κ2) is 5.00. The van der Waals surface area contributed by atoms with Gasteiger partial charge in [-0.15, -0.1) is 17.1 Å². The number of aromatic nitrogens is 2. The number of nitrogens with zero attached hydrogens (tertiary/aromatic N) is 2. The van der Waals surface area contributed by atoms with E-state index in [1.54, 1.807) is 13.0 Å². The molecule has 80 valence electrons. The van der Waals surface area contributed by atoms with Crippen molar-refractivity contribution in [1.82, 2.24) is 9.71 Å². The van der Waals surface area contributed by atoms with Gasteiger partial charge in [0.05, 0.1) is 5.69 Å². The van der Waals surface area contributed by atoms with E-state index in [1.807, 2.05) is 13.8 Å². The minimum absolute atomic E-state index is 0. The Balaban J connectivity index is 0.00000169. The molecule has 0 fully saturated rings. The van der Waals surface area contributed by atoms with E-state index in [-0.39, 0.29) is 12.4 Å². The highest BCUT2D eigenvalue weighted by Crippen LogP contribution is 2.05. The smallest absolute Gasteiger partial charge is 0.380 e. The SMILES string of the molecule is Cc1cc(CC(C)C)n(O)c(=O)n1.Cl. The lowest BCUT2D eigenvalue weighted by atomic mass is 10.1. The highest BCUT2D eigenvalue weighted by molar-refractivity contribution is 5.85. The fraction of sp³-hybridized carbons (Fsp3) is 0.556. The molecule has 0 saturated heterocycles. The van der Waals surface area contributed by atoms with Crippen molar-refractivity contribution >= 4 is 12.4 Å². The maximum Gasteiger partial charge on any atom is 0.380 e. The average molecular weight is 219 g/mol.